The van der Waals surface area contributed by atoms with E-state index >= 15 is 0 Å². The summed E-state index contributed by atoms with van der Waals surface area (Å²) in [6.07, 6.45) is -3.11. The first-order chi connectivity index (χ1) is 13.4. The van der Waals surface area contributed by atoms with E-state index in [0.29, 0.717) is 29.2 Å². The number of alkyl halides is 3. The van der Waals surface area contributed by atoms with Crippen molar-refractivity contribution in [1.29, 1.82) is 0 Å². The van der Waals surface area contributed by atoms with Crippen molar-refractivity contribution >= 4 is 22.7 Å². The molecule has 0 unspecified atom stereocenters. The van der Waals surface area contributed by atoms with Gasteiger partial charge in [0.25, 0.3) is 0 Å². The first-order valence-electron chi connectivity index (χ1n) is 8.33. The number of anilines is 2. The number of rotatable bonds is 4. The van der Waals surface area contributed by atoms with Crippen molar-refractivity contribution in [2.24, 2.45) is 0 Å². The average molecular weight is 385 g/mol. The molecule has 2 heterocycles. The van der Waals surface area contributed by atoms with Crippen molar-refractivity contribution in [2.45, 2.75) is 12.7 Å². The van der Waals surface area contributed by atoms with Gasteiger partial charge in [0.15, 0.2) is 11.5 Å². The Morgan fingerprint density at radius 1 is 1.00 bits per heavy atom. The molecule has 0 radical (unpaired) electrons. The van der Waals surface area contributed by atoms with Gasteiger partial charge in [-0.1, -0.05) is 30.3 Å². The van der Waals surface area contributed by atoms with Crippen LogP contribution in [0.5, 0.6) is 0 Å². The van der Waals surface area contributed by atoms with E-state index < -0.39 is 11.7 Å². The molecule has 2 aromatic heterocycles. The molecule has 0 fully saturated rings. The van der Waals surface area contributed by atoms with Gasteiger partial charge in [-0.25, -0.2) is 14.8 Å². The second-order valence-electron chi connectivity index (χ2n) is 6.12. The molecule has 4 rings (SSSR count). The minimum atomic E-state index is -4.40. The van der Waals surface area contributed by atoms with Gasteiger partial charge in [0, 0.05) is 5.69 Å². The van der Waals surface area contributed by atoms with Gasteiger partial charge >= 0.3 is 11.9 Å². The number of H-pyrrole nitrogens is 1. The third-order valence-electron chi connectivity index (χ3n) is 4.22. The van der Waals surface area contributed by atoms with Crippen LogP contribution in [-0.2, 0) is 12.7 Å². The molecule has 0 saturated heterocycles. The van der Waals surface area contributed by atoms with E-state index in [2.05, 4.69) is 20.3 Å². The van der Waals surface area contributed by atoms with Crippen LogP contribution in [0.4, 0.5) is 24.7 Å². The number of halogens is 3. The lowest BCUT2D eigenvalue weighted by molar-refractivity contribution is -0.137. The molecule has 2 aromatic carbocycles. The van der Waals surface area contributed by atoms with Crippen LogP contribution in [0.3, 0.4) is 0 Å². The van der Waals surface area contributed by atoms with Crippen LogP contribution in [-0.4, -0.2) is 19.5 Å². The van der Waals surface area contributed by atoms with Gasteiger partial charge < -0.3 is 10.3 Å². The largest absolute Gasteiger partial charge is 0.416 e. The summed E-state index contributed by atoms with van der Waals surface area (Å²) in [5.74, 6) is 0.300. The molecule has 142 valence electrons. The van der Waals surface area contributed by atoms with E-state index in [1.165, 1.54) is 23.0 Å². The van der Waals surface area contributed by atoms with Crippen LogP contribution in [0, 0.1) is 0 Å². The van der Waals surface area contributed by atoms with Crippen molar-refractivity contribution in [3.8, 4) is 0 Å². The molecule has 0 aliphatic heterocycles. The third-order valence-corrected chi connectivity index (χ3v) is 4.22. The molecule has 9 heteroatoms. The smallest absolute Gasteiger partial charge is 0.338 e. The molecule has 6 nitrogen and oxygen atoms in total. The quantitative estimate of drug-likeness (QED) is 0.558. The maximum absolute atomic E-state index is 12.7. The number of aromatic nitrogens is 4. The van der Waals surface area contributed by atoms with E-state index in [-0.39, 0.29) is 5.69 Å². The second kappa shape index (κ2) is 6.84. The fraction of sp³-hybridized carbons (Fsp3) is 0.105. The lowest BCUT2D eigenvalue weighted by atomic mass is 10.2. The van der Waals surface area contributed by atoms with Crippen LogP contribution in [0.1, 0.15) is 11.1 Å². The third kappa shape index (κ3) is 3.46. The first-order valence-corrected chi connectivity index (χ1v) is 8.33. The van der Waals surface area contributed by atoms with Crippen LogP contribution >= 0.6 is 0 Å². The molecule has 0 aliphatic carbocycles. The van der Waals surface area contributed by atoms with Crippen molar-refractivity contribution < 1.29 is 13.2 Å². The summed E-state index contributed by atoms with van der Waals surface area (Å²) in [4.78, 5) is 23.4. The van der Waals surface area contributed by atoms with E-state index in [4.69, 9.17) is 0 Å². The Balaban J connectivity index is 1.67. The minimum Gasteiger partial charge on any atom is -0.338 e. The number of benzene rings is 2. The number of nitrogens with zero attached hydrogens (tertiary/aromatic N) is 3. The Kier molecular flexibility index (Phi) is 4.34. The van der Waals surface area contributed by atoms with Gasteiger partial charge in [-0.3, -0.25) is 4.57 Å². The molecular formula is C19H14F3N5O. The van der Waals surface area contributed by atoms with Crippen molar-refractivity contribution in [3.63, 3.8) is 0 Å². The Labute approximate surface area is 156 Å². The molecule has 0 atom stereocenters. The van der Waals surface area contributed by atoms with E-state index in [0.717, 1.165) is 17.7 Å². The number of hydrogen-bond donors (Lipinski definition) is 2. The van der Waals surface area contributed by atoms with Crippen LogP contribution in [0.2, 0.25) is 0 Å². The summed E-state index contributed by atoms with van der Waals surface area (Å²) < 4.78 is 39.6. The number of imidazole rings is 1. The molecule has 0 aliphatic rings. The van der Waals surface area contributed by atoms with E-state index in [1.807, 2.05) is 30.3 Å². The molecule has 4 aromatic rings. The number of hydrogen-bond acceptors (Lipinski definition) is 4. The minimum absolute atomic E-state index is 0.300. The maximum atomic E-state index is 12.7. The molecule has 2 N–H and O–H groups in total. The second-order valence-corrected chi connectivity index (χ2v) is 6.12. The molecule has 0 spiro atoms. The fourth-order valence-corrected chi connectivity index (χ4v) is 2.85. The van der Waals surface area contributed by atoms with Crippen LogP contribution in [0.15, 0.2) is 65.7 Å². The topological polar surface area (TPSA) is 75.6 Å². The summed E-state index contributed by atoms with van der Waals surface area (Å²) >= 11 is 0. The van der Waals surface area contributed by atoms with Crippen molar-refractivity contribution in [3.05, 3.63) is 82.5 Å². The Morgan fingerprint density at radius 2 is 1.71 bits per heavy atom. The zero-order valence-electron chi connectivity index (χ0n) is 14.4. The zero-order chi connectivity index (χ0) is 19.7. The molecule has 0 amide bonds. The highest BCUT2D eigenvalue weighted by Gasteiger charge is 2.30. The highest BCUT2D eigenvalue weighted by Crippen LogP contribution is 2.30. The van der Waals surface area contributed by atoms with E-state index in [9.17, 15) is 18.0 Å². The van der Waals surface area contributed by atoms with Gasteiger partial charge in [-0.15, -0.1) is 0 Å². The summed E-state index contributed by atoms with van der Waals surface area (Å²) in [5.41, 5.74) is 1.02. The lowest BCUT2D eigenvalue weighted by Crippen LogP contribution is -2.17. The van der Waals surface area contributed by atoms with Crippen LogP contribution < -0.4 is 11.0 Å². The summed E-state index contributed by atoms with van der Waals surface area (Å²) in [6, 6.07) is 14.0. The van der Waals surface area contributed by atoms with E-state index in [1.54, 1.807) is 0 Å². The van der Waals surface area contributed by atoms with Crippen molar-refractivity contribution in [2.75, 3.05) is 5.32 Å². The monoisotopic (exact) mass is 385 g/mol. The highest BCUT2D eigenvalue weighted by molar-refractivity contribution is 5.85. The lowest BCUT2D eigenvalue weighted by Gasteiger charge is -2.09. The Hall–Kier alpha value is -3.62. The van der Waals surface area contributed by atoms with Gasteiger partial charge in [0.2, 0.25) is 0 Å². The average Bonchev–Trinajstić information content (AvgIpc) is 2.99. The standard InChI is InChI=1S/C19H14F3N5O/c20-19(21,22)13-6-8-14(9-7-13)25-16-15-17(24-11-23-16)27(18(28)26-15)10-12-4-2-1-3-5-12/h1-9,11H,10H2,(H,26,28)(H,23,24,25). The molecular weight excluding hydrogens is 371 g/mol. The molecule has 28 heavy (non-hydrogen) atoms. The summed E-state index contributed by atoms with van der Waals surface area (Å²) in [7, 11) is 0. The summed E-state index contributed by atoms with van der Waals surface area (Å²) in [5, 5.41) is 2.93. The first kappa shape index (κ1) is 17.8. The maximum Gasteiger partial charge on any atom is 0.416 e. The van der Waals surface area contributed by atoms with Crippen LogP contribution in [0.25, 0.3) is 11.2 Å². The predicted octanol–water partition coefficient (Wildman–Crippen LogP) is 3.93. The number of nitrogens with one attached hydrogen (secondary N) is 2. The van der Waals surface area contributed by atoms with Gasteiger partial charge in [0.1, 0.15) is 11.8 Å². The Bertz CT molecular complexity index is 1160. The van der Waals surface area contributed by atoms with Crippen molar-refractivity contribution in [1.82, 2.24) is 19.5 Å². The number of aromatic amines is 1. The van der Waals surface area contributed by atoms with Gasteiger partial charge in [-0.2, -0.15) is 13.2 Å². The van der Waals surface area contributed by atoms with Gasteiger partial charge in [0.05, 0.1) is 12.1 Å². The number of fused-ring (bicyclic) bond motifs is 1. The van der Waals surface area contributed by atoms with Gasteiger partial charge in [-0.05, 0) is 29.8 Å². The fourth-order valence-electron chi connectivity index (χ4n) is 2.85. The highest BCUT2D eigenvalue weighted by atomic mass is 19.4. The zero-order valence-corrected chi connectivity index (χ0v) is 14.4. The normalized spacial score (nSPS) is 11.7. The molecule has 0 bridgehead atoms. The Morgan fingerprint density at radius 3 is 2.39 bits per heavy atom. The summed E-state index contributed by atoms with van der Waals surface area (Å²) in [6.45, 7) is 0.330. The predicted molar refractivity (Wildman–Crippen MR) is 98.4 cm³/mol. The molecule has 0 saturated carbocycles. The SMILES string of the molecule is O=c1[nH]c2c(Nc3ccc(C(F)(F)F)cc3)ncnc2n1Cc1ccccc1.